The maximum absolute atomic E-state index is 15.1. The number of fused-ring (bicyclic) bond motifs is 2. The summed E-state index contributed by atoms with van der Waals surface area (Å²) in [5.74, 6) is -0.981. The minimum atomic E-state index is -2.10. The van der Waals surface area contributed by atoms with Crippen molar-refractivity contribution in [2.45, 2.75) is 20.0 Å². The van der Waals surface area contributed by atoms with Gasteiger partial charge in [0.2, 0.25) is 0 Å². The minimum absolute atomic E-state index is 0.0671. The Bertz CT molecular complexity index is 1370. The maximum atomic E-state index is 15.1. The van der Waals surface area contributed by atoms with Crippen LogP contribution >= 0.6 is 0 Å². The summed E-state index contributed by atoms with van der Waals surface area (Å²) in [5, 5.41) is 5.37. The highest BCUT2D eigenvalue weighted by Crippen LogP contribution is 2.30. The van der Waals surface area contributed by atoms with E-state index in [0.29, 0.717) is 5.56 Å². The molecular formula is C23H19FN4O. The van der Waals surface area contributed by atoms with E-state index in [1.165, 1.54) is 12.3 Å². The Morgan fingerprint density at radius 2 is 2.07 bits per heavy atom. The van der Waals surface area contributed by atoms with Gasteiger partial charge in [-0.05, 0) is 53.9 Å². The van der Waals surface area contributed by atoms with Crippen molar-refractivity contribution in [3.05, 3.63) is 83.1 Å². The predicted molar refractivity (Wildman–Crippen MR) is 109 cm³/mol. The van der Waals surface area contributed by atoms with E-state index < -0.39 is 18.2 Å². The van der Waals surface area contributed by atoms with Crippen LogP contribution in [0.1, 0.15) is 29.9 Å². The lowest BCUT2D eigenvalue weighted by Gasteiger charge is -2.16. The van der Waals surface area contributed by atoms with Crippen LogP contribution in [0, 0.1) is 12.7 Å². The summed E-state index contributed by atoms with van der Waals surface area (Å²) >= 11 is 0. The number of halogens is 1. The highest BCUT2D eigenvalue weighted by molar-refractivity contribution is 5.97. The fourth-order valence-electron chi connectivity index (χ4n) is 3.73. The van der Waals surface area contributed by atoms with Gasteiger partial charge in [-0.15, -0.1) is 0 Å². The third kappa shape index (κ3) is 2.97. The normalized spacial score (nSPS) is 16.1. The SMILES string of the molecule is [2H]C1([2H])c2ncccc2C(=O)N1Cc1ccc(-c2cc3cn(C)nc3cc2C)cc1F. The maximum Gasteiger partial charge on any atom is 0.256 e. The molecule has 2 aromatic carbocycles. The molecule has 5 nitrogen and oxygen atoms in total. The Balaban J connectivity index is 1.49. The molecule has 0 atom stereocenters. The van der Waals surface area contributed by atoms with Gasteiger partial charge in [-0.25, -0.2) is 4.39 Å². The number of nitrogens with zero attached hydrogens (tertiary/aromatic N) is 4. The van der Waals surface area contributed by atoms with Crippen LogP contribution in [0.25, 0.3) is 22.0 Å². The van der Waals surface area contributed by atoms with Crippen molar-refractivity contribution in [3.8, 4) is 11.1 Å². The van der Waals surface area contributed by atoms with Crippen LogP contribution in [0.15, 0.2) is 54.9 Å². The monoisotopic (exact) mass is 388 g/mol. The lowest BCUT2D eigenvalue weighted by molar-refractivity contribution is 0.0765. The van der Waals surface area contributed by atoms with E-state index in [1.54, 1.807) is 28.9 Å². The van der Waals surface area contributed by atoms with Crippen LogP contribution in [0.4, 0.5) is 4.39 Å². The van der Waals surface area contributed by atoms with Gasteiger partial charge in [0.05, 0.1) is 26.0 Å². The van der Waals surface area contributed by atoms with E-state index in [4.69, 9.17) is 2.74 Å². The first kappa shape index (κ1) is 15.4. The molecule has 0 radical (unpaired) electrons. The number of amides is 1. The van der Waals surface area contributed by atoms with Crippen LogP contribution in [-0.2, 0) is 20.1 Å². The molecule has 0 bridgehead atoms. The van der Waals surface area contributed by atoms with Crippen molar-refractivity contribution in [2.24, 2.45) is 7.05 Å². The van der Waals surface area contributed by atoms with Gasteiger partial charge >= 0.3 is 0 Å². The molecule has 5 rings (SSSR count). The van der Waals surface area contributed by atoms with E-state index in [1.807, 2.05) is 32.3 Å². The van der Waals surface area contributed by atoms with Crippen molar-refractivity contribution >= 4 is 16.8 Å². The van der Waals surface area contributed by atoms with Crippen LogP contribution < -0.4 is 0 Å². The summed E-state index contributed by atoms with van der Waals surface area (Å²) in [4.78, 5) is 17.8. The molecule has 2 aromatic heterocycles. The Hall–Kier alpha value is -3.54. The van der Waals surface area contributed by atoms with Crippen LogP contribution in [0.3, 0.4) is 0 Å². The van der Waals surface area contributed by atoms with Gasteiger partial charge in [0.25, 0.3) is 5.91 Å². The average Bonchev–Trinajstić information content (AvgIpc) is 3.18. The quantitative estimate of drug-likeness (QED) is 0.528. The Labute approximate surface area is 170 Å². The van der Waals surface area contributed by atoms with Crippen molar-refractivity contribution in [1.29, 1.82) is 0 Å². The summed E-state index contributed by atoms with van der Waals surface area (Å²) in [7, 11) is 1.86. The largest absolute Gasteiger partial charge is 0.328 e. The van der Waals surface area contributed by atoms with Gasteiger partial charge in [-0.1, -0.05) is 12.1 Å². The fraction of sp³-hybridized carbons (Fsp3) is 0.174. The van der Waals surface area contributed by atoms with Crippen molar-refractivity contribution < 1.29 is 11.9 Å². The topological polar surface area (TPSA) is 51.0 Å². The molecule has 0 saturated carbocycles. The molecule has 29 heavy (non-hydrogen) atoms. The molecule has 0 unspecified atom stereocenters. The Morgan fingerprint density at radius 3 is 2.86 bits per heavy atom. The predicted octanol–water partition coefficient (Wildman–Crippen LogP) is 4.24. The van der Waals surface area contributed by atoms with Crippen molar-refractivity contribution in [2.75, 3.05) is 0 Å². The van der Waals surface area contributed by atoms with Gasteiger partial charge in [0, 0.05) is 36.9 Å². The number of hydrogen-bond acceptors (Lipinski definition) is 3. The third-order valence-electron chi connectivity index (χ3n) is 5.18. The first-order valence-electron chi connectivity index (χ1n) is 10.3. The smallest absolute Gasteiger partial charge is 0.256 e. The van der Waals surface area contributed by atoms with Gasteiger partial charge in [0.15, 0.2) is 0 Å². The van der Waals surface area contributed by atoms with Gasteiger partial charge in [-0.3, -0.25) is 14.5 Å². The minimum Gasteiger partial charge on any atom is -0.328 e. The molecule has 4 aromatic rings. The highest BCUT2D eigenvalue weighted by Gasteiger charge is 2.28. The van der Waals surface area contributed by atoms with Crippen LogP contribution in [0.5, 0.6) is 0 Å². The summed E-state index contributed by atoms with van der Waals surface area (Å²) < 4.78 is 33.5. The zero-order chi connectivity index (χ0) is 21.9. The number of carbonyl (C=O) groups excluding carboxylic acids is 1. The second kappa shape index (κ2) is 6.51. The Morgan fingerprint density at radius 1 is 1.21 bits per heavy atom. The zero-order valence-electron chi connectivity index (χ0n) is 18.0. The molecule has 3 heterocycles. The summed E-state index contributed by atoms with van der Waals surface area (Å²) in [6.07, 6.45) is 3.36. The molecule has 0 fully saturated rings. The fourth-order valence-corrected chi connectivity index (χ4v) is 3.73. The number of aryl methyl sites for hydroxylation is 2. The number of rotatable bonds is 3. The number of pyridine rings is 1. The van der Waals surface area contributed by atoms with Gasteiger partial charge < -0.3 is 4.90 Å². The third-order valence-corrected chi connectivity index (χ3v) is 5.18. The molecule has 0 aliphatic carbocycles. The lowest BCUT2D eigenvalue weighted by atomic mass is 9.97. The molecule has 144 valence electrons. The van der Waals surface area contributed by atoms with E-state index in [0.717, 1.165) is 26.9 Å². The second-order valence-electron chi connectivity index (χ2n) is 7.24. The molecular weight excluding hydrogens is 367 g/mol. The van der Waals surface area contributed by atoms with E-state index >= 15 is 4.39 Å². The molecule has 0 N–H and O–H groups in total. The van der Waals surface area contributed by atoms with Crippen molar-refractivity contribution in [1.82, 2.24) is 19.7 Å². The molecule has 6 heteroatoms. The highest BCUT2D eigenvalue weighted by atomic mass is 19.1. The van der Waals surface area contributed by atoms with Gasteiger partial charge in [0.1, 0.15) is 5.82 Å². The molecule has 1 amide bonds. The number of aromatic nitrogens is 3. The van der Waals surface area contributed by atoms with Crippen molar-refractivity contribution in [3.63, 3.8) is 0 Å². The molecule has 1 aliphatic rings. The molecule has 0 spiro atoms. The first-order valence-corrected chi connectivity index (χ1v) is 9.26. The van der Waals surface area contributed by atoms with E-state index in [-0.39, 0.29) is 23.4 Å². The van der Waals surface area contributed by atoms with E-state index in [9.17, 15) is 4.79 Å². The van der Waals surface area contributed by atoms with E-state index in [2.05, 4.69) is 10.1 Å². The summed E-state index contributed by atoms with van der Waals surface area (Å²) in [6, 6.07) is 11.9. The Kier molecular flexibility index (Phi) is 3.46. The number of carbonyl (C=O) groups is 1. The lowest BCUT2D eigenvalue weighted by Crippen LogP contribution is -2.23. The van der Waals surface area contributed by atoms with Crippen LogP contribution in [0.2, 0.25) is 0 Å². The molecule has 0 saturated heterocycles. The summed E-state index contributed by atoms with van der Waals surface area (Å²) in [5.41, 5.74) is 3.99. The number of benzene rings is 2. The second-order valence-corrected chi connectivity index (χ2v) is 7.24. The number of hydrogen-bond donors (Lipinski definition) is 0. The van der Waals surface area contributed by atoms with Crippen LogP contribution in [-0.4, -0.2) is 25.6 Å². The standard InChI is InChI=1S/C23H19FN4O/c1-14-8-21-17(11-27(2)26-21)9-19(14)15-5-6-16(20(24)10-15)12-28-13-22-18(23(28)29)4-3-7-25-22/h3-11H,12-13H2,1-2H3/i13D2. The zero-order valence-corrected chi connectivity index (χ0v) is 16.0. The summed E-state index contributed by atoms with van der Waals surface area (Å²) in [6.45, 7) is -0.327. The average molecular weight is 388 g/mol. The first-order chi connectivity index (χ1) is 14.8. The molecule has 1 aliphatic heterocycles. The van der Waals surface area contributed by atoms with Gasteiger partial charge in [-0.2, -0.15) is 5.10 Å².